The highest BCUT2D eigenvalue weighted by molar-refractivity contribution is 5.86. The van der Waals surface area contributed by atoms with Crippen LogP contribution in [0.2, 0.25) is 0 Å². The van der Waals surface area contributed by atoms with E-state index in [9.17, 15) is 5.11 Å². The van der Waals surface area contributed by atoms with E-state index in [1.807, 2.05) is 26.0 Å². The van der Waals surface area contributed by atoms with Crippen LogP contribution in [-0.2, 0) is 17.9 Å². The standard InChI is InChI=1S/C14H19NO2/c1-4-15-12(9-17-10(2)3)8-11-6-5-7-13(16)14(11)15/h5-8,10,16H,4,9H2,1-3H3. The Bertz CT molecular complexity index is 514. The van der Waals surface area contributed by atoms with Gasteiger partial charge in [-0.05, 0) is 32.9 Å². The van der Waals surface area contributed by atoms with Crippen molar-refractivity contribution in [1.82, 2.24) is 4.57 Å². The zero-order valence-corrected chi connectivity index (χ0v) is 10.6. The molecule has 2 aromatic rings. The largest absolute Gasteiger partial charge is 0.506 e. The summed E-state index contributed by atoms with van der Waals surface area (Å²) in [5, 5.41) is 11.0. The Labute approximate surface area is 102 Å². The molecule has 2 rings (SSSR count). The number of para-hydroxylation sites is 1. The number of aromatic hydroxyl groups is 1. The zero-order chi connectivity index (χ0) is 12.4. The minimum Gasteiger partial charge on any atom is -0.506 e. The van der Waals surface area contributed by atoms with Crippen molar-refractivity contribution in [2.45, 2.75) is 40.0 Å². The van der Waals surface area contributed by atoms with E-state index < -0.39 is 0 Å². The van der Waals surface area contributed by atoms with E-state index in [0.717, 1.165) is 23.1 Å². The van der Waals surface area contributed by atoms with Gasteiger partial charge < -0.3 is 14.4 Å². The number of fused-ring (bicyclic) bond motifs is 1. The molecule has 0 spiro atoms. The first-order valence-corrected chi connectivity index (χ1v) is 6.05. The van der Waals surface area contributed by atoms with E-state index in [4.69, 9.17) is 4.74 Å². The molecule has 17 heavy (non-hydrogen) atoms. The van der Waals surface area contributed by atoms with Gasteiger partial charge in [0.05, 0.1) is 18.2 Å². The van der Waals surface area contributed by atoms with Gasteiger partial charge in [-0.25, -0.2) is 0 Å². The Hall–Kier alpha value is -1.48. The van der Waals surface area contributed by atoms with Crippen LogP contribution in [0.4, 0.5) is 0 Å². The van der Waals surface area contributed by atoms with Crippen LogP contribution in [0.15, 0.2) is 24.3 Å². The lowest BCUT2D eigenvalue weighted by Gasteiger charge is -2.11. The molecule has 1 aromatic carbocycles. The average molecular weight is 233 g/mol. The maximum absolute atomic E-state index is 9.91. The van der Waals surface area contributed by atoms with Gasteiger partial charge in [0.25, 0.3) is 0 Å². The van der Waals surface area contributed by atoms with Crippen LogP contribution in [-0.4, -0.2) is 15.8 Å². The van der Waals surface area contributed by atoms with Crippen LogP contribution >= 0.6 is 0 Å². The summed E-state index contributed by atoms with van der Waals surface area (Å²) in [7, 11) is 0. The van der Waals surface area contributed by atoms with Gasteiger partial charge in [-0.1, -0.05) is 12.1 Å². The van der Waals surface area contributed by atoms with Gasteiger partial charge in [0.2, 0.25) is 0 Å². The van der Waals surface area contributed by atoms with Crippen LogP contribution in [0.5, 0.6) is 5.75 Å². The fraction of sp³-hybridized carbons (Fsp3) is 0.429. The lowest BCUT2D eigenvalue weighted by Crippen LogP contribution is -2.07. The van der Waals surface area contributed by atoms with Crippen molar-refractivity contribution in [1.29, 1.82) is 0 Å². The first kappa shape index (κ1) is 12.0. The predicted molar refractivity (Wildman–Crippen MR) is 69.2 cm³/mol. The number of aromatic nitrogens is 1. The van der Waals surface area contributed by atoms with Crippen LogP contribution in [0.1, 0.15) is 26.5 Å². The van der Waals surface area contributed by atoms with Crippen LogP contribution in [0.3, 0.4) is 0 Å². The second-order valence-electron chi connectivity index (χ2n) is 4.45. The highest BCUT2D eigenvalue weighted by Gasteiger charge is 2.11. The molecule has 0 unspecified atom stereocenters. The molecular weight excluding hydrogens is 214 g/mol. The summed E-state index contributed by atoms with van der Waals surface area (Å²) < 4.78 is 7.74. The summed E-state index contributed by atoms with van der Waals surface area (Å²) in [6, 6.07) is 7.69. The zero-order valence-electron chi connectivity index (χ0n) is 10.6. The Kier molecular flexibility index (Phi) is 3.38. The second kappa shape index (κ2) is 4.80. The van der Waals surface area contributed by atoms with Crippen LogP contribution < -0.4 is 0 Å². The fourth-order valence-electron chi connectivity index (χ4n) is 2.09. The van der Waals surface area contributed by atoms with Gasteiger partial charge in [0.15, 0.2) is 0 Å². The molecule has 0 fully saturated rings. The number of ether oxygens (including phenoxy) is 1. The summed E-state index contributed by atoms with van der Waals surface area (Å²) in [6.07, 6.45) is 0.215. The number of phenolic OH excluding ortho intramolecular Hbond substituents is 1. The summed E-state index contributed by atoms with van der Waals surface area (Å²) in [6.45, 7) is 7.54. The molecule has 92 valence electrons. The first-order chi connectivity index (χ1) is 8.13. The molecule has 0 saturated carbocycles. The maximum Gasteiger partial charge on any atom is 0.139 e. The Balaban J connectivity index is 2.45. The Morgan fingerprint density at radius 2 is 2.12 bits per heavy atom. The molecule has 1 N–H and O–H groups in total. The number of aryl methyl sites for hydroxylation is 1. The topological polar surface area (TPSA) is 34.4 Å². The third kappa shape index (κ3) is 2.29. The average Bonchev–Trinajstić information content (AvgIpc) is 2.65. The van der Waals surface area contributed by atoms with Crippen LogP contribution in [0.25, 0.3) is 10.9 Å². The highest BCUT2D eigenvalue weighted by atomic mass is 16.5. The maximum atomic E-state index is 9.91. The summed E-state index contributed by atoms with van der Waals surface area (Å²) in [5.41, 5.74) is 2.01. The molecular formula is C14H19NO2. The van der Waals surface area contributed by atoms with Crippen molar-refractivity contribution >= 4 is 10.9 Å². The summed E-state index contributed by atoms with van der Waals surface area (Å²) in [5.74, 6) is 0.333. The molecule has 0 atom stereocenters. The monoisotopic (exact) mass is 233 g/mol. The molecule has 0 amide bonds. The van der Waals surface area contributed by atoms with E-state index in [1.54, 1.807) is 6.07 Å². The molecule has 3 nitrogen and oxygen atoms in total. The minimum atomic E-state index is 0.215. The minimum absolute atomic E-state index is 0.215. The van der Waals surface area contributed by atoms with Gasteiger partial charge in [-0.2, -0.15) is 0 Å². The number of benzene rings is 1. The molecule has 0 radical (unpaired) electrons. The van der Waals surface area contributed by atoms with E-state index in [2.05, 4.69) is 17.6 Å². The molecule has 0 bridgehead atoms. The van der Waals surface area contributed by atoms with Gasteiger partial charge >= 0.3 is 0 Å². The molecule has 0 aliphatic carbocycles. The van der Waals surface area contributed by atoms with E-state index in [-0.39, 0.29) is 6.10 Å². The normalized spacial score (nSPS) is 11.5. The summed E-state index contributed by atoms with van der Waals surface area (Å²) in [4.78, 5) is 0. The molecule has 1 aromatic heterocycles. The number of hydrogen-bond acceptors (Lipinski definition) is 2. The SMILES string of the molecule is CCn1c(COC(C)C)cc2cccc(O)c21. The lowest BCUT2D eigenvalue weighted by atomic mass is 10.2. The van der Waals surface area contributed by atoms with Gasteiger partial charge in [0.1, 0.15) is 5.75 Å². The third-order valence-electron chi connectivity index (χ3n) is 2.87. The molecule has 1 heterocycles. The Morgan fingerprint density at radius 1 is 1.35 bits per heavy atom. The first-order valence-electron chi connectivity index (χ1n) is 6.05. The number of hydrogen-bond donors (Lipinski definition) is 1. The molecule has 0 aliphatic rings. The molecule has 0 saturated heterocycles. The van der Waals surface area contributed by atoms with Gasteiger partial charge in [-0.3, -0.25) is 0 Å². The molecule has 0 aliphatic heterocycles. The predicted octanol–water partition coefficient (Wildman–Crippen LogP) is 3.29. The van der Waals surface area contributed by atoms with Crippen molar-refractivity contribution in [3.8, 4) is 5.75 Å². The smallest absolute Gasteiger partial charge is 0.139 e. The van der Waals surface area contributed by atoms with Crippen molar-refractivity contribution in [3.05, 3.63) is 30.0 Å². The third-order valence-corrected chi connectivity index (χ3v) is 2.87. The highest BCUT2D eigenvalue weighted by Crippen LogP contribution is 2.28. The number of nitrogens with zero attached hydrogens (tertiary/aromatic N) is 1. The molecule has 3 heteroatoms. The van der Waals surface area contributed by atoms with Crippen molar-refractivity contribution in [2.75, 3.05) is 0 Å². The van der Waals surface area contributed by atoms with E-state index in [1.165, 1.54) is 0 Å². The summed E-state index contributed by atoms with van der Waals surface area (Å²) >= 11 is 0. The van der Waals surface area contributed by atoms with Crippen molar-refractivity contribution in [3.63, 3.8) is 0 Å². The van der Waals surface area contributed by atoms with E-state index >= 15 is 0 Å². The van der Waals surface area contributed by atoms with Crippen LogP contribution in [0, 0.1) is 0 Å². The van der Waals surface area contributed by atoms with Gasteiger partial charge in [-0.15, -0.1) is 0 Å². The lowest BCUT2D eigenvalue weighted by molar-refractivity contribution is 0.0620. The van der Waals surface area contributed by atoms with Crippen molar-refractivity contribution in [2.24, 2.45) is 0 Å². The van der Waals surface area contributed by atoms with Gasteiger partial charge in [0, 0.05) is 17.6 Å². The quantitative estimate of drug-likeness (QED) is 0.879. The fourth-order valence-corrected chi connectivity index (χ4v) is 2.09. The Morgan fingerprint density at radius 3 is 2.76 bits per heavy atom. The van der Waals surface area contributed by atoms with Crippen molar-refractivity contribution < 1.29 is 9.84 Å². The second-order valence-corrected chi connectivity index (χ2v) is 4.45. The van der Waals surface area contributed by atoms with E-state index in [0.29, 0.717) is 12.4 Å². The number of phenols is 1. The number of rotatable bonds is 4.